The summed E-state index contributed by atoms with van der Waals surface area (Å²) in [6.45, 7) is 0.165. The average molecular weight is 350 g/mol. The molecule has 0 spiro atoms. The summed E-state index contributed by atoms with van der Waals surface area (Å²) in [5.41, 5.74) is 0.269. The number of carbonyl (C=O) groups is 1. The summed E-state index contributed by atoms with van der Waals surface area (Å²) in [4.78, 5) is 21.4. The van der Waals surface area contributed by atoms with Crippen molar-refractivity contribution in [2.75, 3.05) is 11.0 Å². The average Bonchev–Trinajstić information content (AvgIpc) is 2.35. The van der Waals surface area contributed by atoms with Gasteiger partial charge in [0.2, 0.25) is 0 Å². The molecule has 92 valence electrons. The van der Waals surface area contributed by atoms with Gasteiger partial charge >= 0.3 is 0 Å². The lowest BCUT2D eigenvalue weighted by Gasteiger charge is -2.08. The SMILES string of the molecule is O=C(NCC(O)CI)c1ccc([N+](=O)[O-])cc1. The van der Waals surface area contributed by atoms with Crippen molar-refractivity contribution in [3.63, 3.8) is 0 Å². The summed E-state index contributed by atoms with van der Waals surface area (Å²) in [6, 6.07) is 5.29. The molecule has 0 aromatic heterocycles. The molecule has 1 aromatic rings. The predicted molar refractivity (Wildman–Crippen MR) is 70.3 cm³/mol. The molecule has 0 fully saturated rings. The van der Waals surface area contributed by atoms with Crippen LogP contribution >= 0.6 is 22.6 Å². The fourth-order valence-electron chi connectivity index (χ4n) is 1.10. The van der Waals surface area contributed by atoms with Crippen LogP contribution in [0.4, 0.5) is 5.69 Å². The van der Waals surface area contributed by atoms with Crippen molar-refractivity contribution < 1.29 is 14.8 Å². The third-order valence-electron chi connectivity index (χ3n) is 2.02. The molecule has 0 radical (unpaired) electrons. The minimum absolute atomic E-state index is 0.0613. The van der Waals surface area contributed by atoms with E-state index in [9.17, 15) is 20.0 Å². The van der Waals surface area contributed by atoms with Crippen LogP contribution in [0.5, 0.6) is 0 Å². The minimum Gasteiger partial charge on any atom is -0.390 e. The fourth-order valence-corrected chi connectivity index (χ4v) is 1.41. The van der Waals surface area contributed by atoms with Crippen LogP contribution in [-0.2, 0) is 0 Å². The highest BCUT2D eigenvalue weighted by Gasteiger charge is 2.10. The first-order valence-corrected chi connectivity index (χ1v) is 6.34. The van der Waals surface area contributed by atoms with Crippen molar-refractivity contribution in [1.82, 2.24) is 5.32 Å². The number of nitrogens with zero attached hydrogens (tertiary/aromatic N) is 1. The largest absolute Gasteiger partial charge is 0.390 e. The zero-order chi connectivity index (χ0) is 12.8. The van der Waals surface area contributed by atoms with E-state index in [1.165, 1.54) is 24.3 Å². The molecule has 1 unspecified atom stereocenters. The van der Waals surface area contributed by atoms with Crippen LogP contribution in [0.15, 0.2) is 24.3 Å². The highest BCUT2D eigenvalue weighted by Crippen LogP contribution is 2.11. The molecule has 0 heterocycles. The van der Waals surface area contributed by atoms with Crippen molar-refractivity contribution in [3.05, 3.63) is 39.9 Å². The first-order valence-electron chi connectivity index (χ1n) is 4.81. The van der Waals surface area contributed by atoms with Gasteiger partial charge < -0.3 is 10.4 Å². The Hall–Kier alpha value is -1.22. The maximum Gasteiger partial charge on any atom is 0.269 e. The Morgan fingerprint density at radius 3 is 2.53 bits per heavy atom. The van der Waals surface area contributed by atoms with E-state index in [1.54, 1.807) is 0 Å². The van der Waals surface area contributed by atoms with Crippen molar-refractivity contribution in [1.29, 1.82) is 0 Å². The maximum absolute atomic E-state index is 11.6. The summed E-state index contributed by atoms with van der Waals surface area (Å²) in [7, 11) is 0. The van der Waals surface area contributed by atoms with Gasteiger partial charge in [0.25, 0.3) is 11.6 Å². The van der Waals surface area contributed by atoms with Gasteiger partial charge in [-0.25, -0.2) is 0 Å². The number of hydrogen-bond donors (Lipinski definition) is 2. The van der Waals surface area contributed by atoms with Gasteiger partial charge in [0.1, 0.15) is 0 Å². The predicted octanol–water partition coefficient (Wildman–Crippen LogP) is 1.12. The number of carbonyl (C=O) groups excluding carboxylic acids is 1. The second-order valence-corrected chi connectivity index (χ2v) is 4.20. The number of hydrogen-bond acceptors (Lipinski definition) is 4. The van der Waals surface area contributed by atoms with E-state index in [2.05, 4.69) is 5.32 Å². The van der Waals surface area contributed by atoms with E-state index in [0.717, 1.165) is 0 Å². The number of rotatable bonds is 5. The van der Waals surface area contributed by atoms with E-state index in [4.69, 9.17) is 0 Å². The van der Waals surface area contributed by atoms with Crippen molar-refractivity contribution in [2.45, 2.75) is 6.10 Å². The first-order chi connectivity index (χ1) is 8.04. The number of amides is 1. The van der Waals surface area contributed by atoms with Crippen molar-refractivity contribution >= 4 is 34.2 Å². The molecule has 7 heteroatoms. The van der Waals surface area contributed by atoms with Gasteiger partial charge in [-0.2, -0.15) is 0 Å². The van der Waals surface area contributed by atoms with Gasteiger partial charge in [0, 0.05) is 28.7 Å². The molecule has 17 heavy (non-hydrogen) atoms. The number of alkyl halides is 1. The summed E-state index contributed by atoms with van der Waals surface area (Å²) in [6.07, 6.45) is -0.586. The standard InChI is InChI=1S/C10H11IN2O4/c11-5-9(14)6-12-10(15)7-1-3-8(4-2-7)13(16)17/h1-4,9,14H,5-6H2,(H,12,15). The zero-order valence-corrected chi connectivity index (χ0v) is 11.0. The van der Waals surface area contributed by atoms with Gasteiger partial charge in [0.15, 0.2) is 0 Å². The van der Waals surface area contributed by atoms with Crippen LogP contribution in [0.3, 0.4) is 0 Å². The summed E-state index contributed by atoms with van der Waals surface area (Å²) in [5.74, 6) is -0.358. The molecule has 1 amide bonds. The second kappa shape index (κ2) is 6.50. The van der Waals surface area contributed by atoms with Gasteiger partial charge in [-0.05, 0) is 12.1 Å². The molecule has 1 rings (SSSR count). The third-order valence-corrected chi connectivity index (χ3v) is 3.03. The van der Waals surface area contributed by atoms with E-state index in [-0.39, 0.29) is 18.1 Å². The Morgan fingerprint density at radius 1 is 1.47 bits per heavy atom. The first kappa shape index (κ1) is 13.8. The number of nitro benzene ring substituents is 1. The molecule has 6 nitrogen and oxygen atoms in total. The lowest BCUT2D eigenvalue weighted by molar-refractivity contribution is -0.384. The Labute approximate surface area is 111 Å². The fraction of sp³-hybridized carbons (Fsp3) is 0.300. The van der Waals surface area contributed by atoms with Crippen LogP contribution < -0.4 is 5.32 Å². The number of nitrogens with one attached hydrogen (secondary N) is 1. The number of halogens is 1. The molecule has 2 N–H and O–H groups in total. The molecule has 0 saturated heterocycles. The molecule has 0 bridgehead atoms. The molecule has 1 atom stereocenters. The van der Waals surface area contributed by atoms with E-state index >= 15 is 0 Å². The summed E-state index contributed by atoms with van der Waals surface area (Å²) in [5, 5.41) is 22.2. The van der Waals surface area contributed by atoms with E-state index in [1.807, 2.05) is 22.6 Å². The Kier molecular flexibility index (Phi) is 5.29. The molecule has 1 aromatic carbocycles. The van der Waals surface area contributed by atoms with Gasteiger partial charge in [-0.15, -0.1) is 0 Å². The lowest BCUT2D eigenvalue weighted by atomic mass is 10.2. The summed E-state index contributed by atoms with van der Waals surface area (Å²) >= 11 is 2.01. The molecular formula is C10H11IN2O4. The Morgan fingerprint density at radius 2 is 2.06 bits per heavy atom. The minimum atomic E-state index is -0.586. The van der Waals surface area contributed by atoms with Crippen LogP contribution in [0, 0.1) is 10.1 Å². The number of benzene rings is 1. The highest BCUT2D eigenvalue weighted by molar-refractivity contribution is 14.1. The normalized spacial score (nSPS) is 11.9. The number of aliphatic hydroxyl groups excluding tert-OH is 1. The summed E-state index contributed by atoms with van der Waals surface area (Å²) < 4.78 is 0.526. The Balaban J connectivity index is 2.61. The molecule has 0 saturated carbocycles. The molecular weight excluding hydrogens is 339 g/mol. The number of non-ortho nitro benzene ring substituents is 1. The van der Waals surface area contributed by atoms with Crippen molar-refractivity contribution in [3.8, 4) is 0 Å². The van der Waals surface area contributed by atoms with Crippen LogP contribution in [-0.4, -0.2) is 33.0 Å². The highest BCUT2D eigenvalue weighted by atomic mass is 127. The molecule has 0 aliphatic rings. The lowest BCUT2D eigenvalue weighted by Crippen LogP contribution is -2.32. The van der Waals surface area contributed by atoms with E-state index < -0.39 is 11.0 Å². The maximum atomic E-state index is 11.6. The zero-order valence-electron chi connectivity index (χ0n) is 8.80. The smallest absolute Gasteiger partial charge is 0.269 e. The van der Waals surface area contributed by atoms with Gasteiger partial charge in [0.05, 0.1) is 11.0 Å². The number of nitro groups is 1. The van der Waals surface area contributed by atoms with Gasteiger partial charge in [-0.3, -0.25) is 14.9 Å². The van der Waals surface area contributed by atoms with Crippen LogP contribution in [0.1, 0.15) is 10.4 Å². The topological polar surface area (TPSA) is 92.5 Å². The Bertz CT molecular complexity index is 407. The van der Waals surface area contributed by atoms with Crippen LogP contribution in [0.2, 0.25) is 0 Å². The molecule has 0 aliphatic carbocycles. The second-order valence-electron chi connectivity index (χ2n) is 3.32. The van der Waals surface area contributed by atoms with Crippen LogP contribution in [0.25, 0.3) is 0 Å². The number of aliphatic hydroxyl groups is 1. The third kappa shape index (κ3) is 4.27. The molecule has 0 aliphatic heterocycles. The van der Waals surface area contributed by atoms with Gasteiger partial charge in [-0.1, -0.05) is 22.6 Å². The van der Waals surface area contributed by atoms with E-state index in [0.29, 0.717) is 9.99 Å². The quantitative estimate of drug-likeness (QED) is 0.360. The monoisotopic (exact) mass is 350 g/mol. The van der Waals surface area contributed by atoms with Crippen molar-refractivity contribution in [2.24, 2.45) is 0 Å².